The molecule has 0 unspecified atom stereocenters. The number of rotatable bonds is 9. The van der Waals surface area contributed by atoms with Crippen LogP contribution in [0.2, 0.25) is 0 Å². The maximum Gasteiger partial charge on any atom is 0.237 e. The molecular weight excluding hydrogens is 345 g/mol. The highest BCUT2D eigenvalue weighted by atomic mass is 19.1. The molecule has 0 spiro atoms. The molecule has 150 valence electrons. The average molecular weight is 378 g/mol. The lowest BCUT2D eigenvalue weighted by Crippen LogP contribution is -2.49. The molecule has 0 radical (unpaired) electrons. The van der Waals surface area contributed by atoms with Crippen LogP contribution < -0.4 is 5.32 Å². The van der Waals surface area contributed by atoms with E-state index in [4.69, 9.17) is 0 Å². The predicted molar refractivity (Wildman–Crippen MR) is 105 cm³/mol. The van der Waals surface area contributed by atoms with Gasteiger partial charge in [-0.15, -0.1) is 0 Å². The van der Waals surface area contributed by atoms with Gasteiger partial charge in [0.05, 0.1) is 6.04 Å². The Morgan fingerprint density at radius 1 is 1.19 bits per heavy atom. The van der Waals surface area contributed by atoms with Gasteiger partial charge in [0.1, 0.15) is 5.82 Å². The summed E-state index contributed by atoms with van der Waals surface area (Å²) in [6.45, 7) is 7.44. The van der Waals surface area contributed by atoms with Gasteiger partial charge in [-0.1, -0.05) is 18.6 Å². The fourth-order valence-electron chi connectivity index (χ4n) is 3.60. The van der Waals surface area contributed by atoms with Gasteiger partial charge in [0.25, 0.3) is 0 Å². The Balaban J connectivity index is 1.80. The summed E-state index contributed by atoms with van der Waals surface area (Å²) in [7, 11) is 0. The maximum absolute atomic E-state index is 13.1. The van der Waals surface area contributed by atoms with E-state index in [2.05, 4.69) is 10.2 Å². The summed E-state index contributed by atoms with van der Waals surface area (Å²) in [4.78, 5) is 28.6. The lowest BCUT2D eigenvalue weighted by atomic mass is 10.00. The molecule has 1 atom stereocenters. The highest BCUT2D eigenvalue weighted by Crippen LogP contribution is 2.20. The van der Waals surface area contributed by atoms with Crippen LogP contribution in [0.4, 0.5) is 4.39 Å². The highest BCUT2D eigenvalue weighted by Gasteiger charge is 2.28. The van der Waals surface area contributed by atoms with Gasteiger partial charge in [-0.2, -0.15) is 0 Å². The molecule has 1 saturated heterocycles. The van der Waals surface area contributed by atoms with Crippen LogP contribution in [-0.2, 0) is 16.1 Å². The maximum atomic E-state index is 13.1. The second-order valence-electron chi connectivity index (χ2n) is 7.07. The van der Waals surface area contributed by atoms with Crippen molar-refractivity contribution < 1.29 is 14.0 Å². The number of nitrogens with one attached hydrogen (secondary N) is 1. The number of likely N-dealkylation sites (tertiary alicyclic amines) is 1. The van der Waals surface area contributed by atoms with Crippen molar-refractivity contribution in [2.45, 2.75) is 58.5 Å². The third-order valence-corrected chi connectivity index (χ3v) is 5.20. The first-order valence-electron chi connectivity index (χ1n) is 10.1. The van der Waals surface area contributed by atoms with Crippen LogP contribution in [0, 0.1) is 5.82 Å². The lowest BCUT2D eigenvalue weighted by molar-refractivity contribution is -0.131. The molecule has 1 heterocycles. The van der Waals surface area contributed by atoms with Gasteiger partial charge >= 0.3 is 0 Å². The Morgan fingerprint density at radius 3 is 2.56 bits per heavy atom. The molecule has 2 rings (SSSR count). The molecule has 2 amide bonds. The minimum absolute atomic E-state index is 0.0344. The first-order chi connectivity index (χ1) is 13.0. The summed E-state index contributed by atoms with van der Waals surface area (Å²) < 4.78 is 13.1. The van der Waals surface area contributed by atoms with Gasteiger partial charge in [0.2, 0.25) is 11.8 Å². The summed E-state index contributed by atoms with van der Waals surface area (Å²) >= 11 is 0. The number of piperidine rings is 1. The van der Waals surface area contributed by atoms with E-state index in [-0.39, 0.29) is 23.7 Å². The van der Waals surface area contributed by atoms with Crippen LogP contribution in [0.5, 0.6) is 0 Å². The molecular formula is C21H32FN3O2. The molecule has 0 saturated carbocycles. The number of carbonyl (C=O) groups excluding carboxylic acids is 2. The molecule has 1 aromatic carbocycles. The third kappa shape index (κ3) is 6.61. The molecule has 0 bridgehead atoms. The predicted octanol–water partition coefficient (Wildman–Crippen LogP) is 2.95. The van der Waals surface area contributed by atoms with Gasteiger partial charge in [-0.25, -0.2) is 4.39 Å². The van der Waals surface area contributed by atoms with Crippen molar-refractivity contribution in [1.29, 1.82) is 0 Å². The van der Waals surface area contributed by atoms with Crippen molar-refractivity contribution >= 4 is 11.8 Å². The summed E-state index contributed by atoms with van der Waals surface area (Å²) in [6, 6.07) is 6.32. The van der Waals surface area contributed by atoms with E-state index in [1.165, 1.54) is 12.1 Å². The second-order valence-corrected chi connectivity index (χ2v) is 7.07. The highest BCUT2D eigenvalue weighted by molar-refractivity contribution is 5.82. The quantitative estimate of drug-likeness (QED) is 0.673. The monoisotopic (exact) mass is 377 g/mol. The molecule has 6 heteroatoms. The molecule has 1 N–H and O–H groups in total. The van der Waals surface area contributed by atoms with Crippen molar-refractivity contribution in [3.63, 3.8) is 0 Å². The third-order valence-electron chi connectivity index (χ3n) is 5.20. The Hall–Kier alpha value is -1.95. The van der Waals surface area contributed by atoms with Crippen LogP contribution in [0.1, 0.15) is 51.5 Å². The van der Waals surface area contributed by atoms with Crippen molar-refractivity contribution in [3.8, 4) is 0 Å². The number of hydrogen-bond acceptors (Lipinski definition) is 3. The molecule has 1 aromatic rings. The first-order valence-corrected chi connectivity index (χ1v) is 10.1. The zero-order chi connectivity index (χ0) is 19.6. The van der Waals surface area contributed by atoms with E-state index in [9.17, 15) is 14.0 Å². The van der Waals surface area contributed by atoms with Crippen LogP contribution in [0.25, 0.3) is 0 Å². The topological polar surface area (TPSA) is 52.7 Å². The van der Waals surface area contributed by atoms with E-state index in [0.717, 1.165) is 44.5 Å². The normalized spacial score (nSPS) is 17.5. The van der Waals surface area contributed by atoms with Crippen LogP contribution in [0.3, 0.4) is 0 Å². The zero-order valence-corrected chi connectivity index (χ0v) is 16.5. The van der Waals surface area contributed by atoms with E-state index in [1.54, 1.807) is 12.1 Å². The van der Waals surface area contributed by atoms with E-state index < -0.39 is 0 Å². The van der Waals surface area contributed by atoms with Gasteiger partial charge in [0.15, 0.2) is 0 Å². The largest absolute Gasteiger partial charge is 0.355 e. The number of benzene rings is 1. The smallest absolute Gasteiger partial charge is 0.237 e. The molecule has 1 fully saturated rings. The fraction of sp³-hybridized carbons (Fsp3) is 0.619. The van der Waals surface area contributed by atoms with Crippen LogP contribution in [0.15, 0.2) is 24.3 Å². The van der Waals surface area contributed by atoms with Gasteiger partial charge in [0, 0.05) is 32.6 Å². The van der Waals surface area contributed by atoms with Crippen LogP contribution >= 0.6 is 0 Å². The number of carbonyl (C=O) groups is 2. The lowest BCUT2D eigenvalue weighted by Gasteiger charge is -2.34. The zero-order valence-electron chi connectivity index (χ0n) is 16.5. The van der Waals surface area contributed by atoms with Crippen molar-refractivity contribution in [3.05, 3.63) is 35.6 Å². The minimum atomic E-state index is -0.244. The number of nitrogens with zero attached hydrogens (tertiary/aromatic N) is 2. The molecule has 5 nitrogen and oxygen atoms in total. The number of hydrogen-bond donors (Lipinski definition) is 1. The molecule has 27 heavy (non-hydrogen) atoms. The van der Waals surface area contributed by atoms with Gasteiger partial charge in [-0.3, -0.25) is 14.5 Å². The van der Waals surface area contributed by atoms with E-state index in [1.807, 2.05) is 18.7 Å². The summed E-state index contributed by atoms with van der Waals surface area (Å²) in [5, 5.41) is 3.00. The number of halogens is 1. The fourth-order valence-corrected chi connectivity index (χ4v) is 3.60. The van der Waals surface area contributed by atoms with Crippen molar-refractivity contribution in [2.75, 3.05) is 26.2 Å². The second kappa shape index (κ2) is 11.0. The summed E-state index contributed by atoms with van der Waals surface area (Å²) in [5.74, 6) is -0.0668. The Kier molecular flexibility index (Phi) is 8.72. The number of amides is 2. The van der Waals surface area contributed by atoms with Crippen molar-refractivity contribution in [2.24, 2.45) is 0 Å². The first kappa shape index (κ1) is 21.4. The summed E-state index contributed by atoms with van der Waals surface area (Å²) in [5.41, 5.74) is 1.01. The molecule has 0 aliphatic carbocycles. The molecule has 1 aliphatic rings. The Bertz CT molecular complexity index is 602. The SMILES string of the molecule is CCN(CC)C(=O)CCCNC(=O)[C@H]1CCCCN1Cc1ccc(F)cc1. The van der Waals surface area contributed by atoms with Crippen LogP contribution in [-0.4, -0.2) is 53.8 Å². The Morgan fingerprint density at radius 2 is 1.89 bits per heavy atom. The minimum Gasteiger partial charge on any atom is -0.355 e. The average Bonchev–Trinajstić information content (AvgIpc) is 2.68. The van der Waals surface area contributed by atoms with Gasteiger partial charge in [-0.05, 0) is 57.4 Å². The summed E-state index contributed by atoms with van der Waals surface area (Å²) in [6.07, 6.45) is 4.07. The Labute approximate surface area is 161 Å². The van der Waals surface area contributed by atoms with E-state index >= 15 is 0 Å². The molecule has 0 aromatic heterocycles. The molecule has 1 aliphatic heterocycles. The van der Waals surface area contributed by atoms with Crippen molar-refractivity contribution in [1.82, 2.24) is 15.1 Å². The van der Waals surface area contributed by atoms with E-state index in [0.29, 0.717) is 25.9 Å². The van der Waals surface area contributed by atoms with Gasteiger partial charge < -0.3 is 10.2 Å². The standard InChI is InChI=1S/C21H32FN3O2/c1-3-24(4-2)20(26)9-7-14-23-21(27)19-8-5-6-15-25(19)16-17-10-12-18(22)13-11-17/h10-13,19H,3-9,14-16H2,1-2H3,(H,23,27)/t19-/m1/s1.